The summed E-state index contributed by atoms with van der Waals surface area (Å²) in [7, 11) is 0. The van der Waals surface area contributed by atoms with Crippen molar-refractivity contribution < 1.29 is 4.79 Å². The first-order chi connectivity index (χ1) is 5.77. The summed E-state index contributed by atoms with van der Waals surface area (Å²) in [6.45, 7) is 2.56. The van der Waals surface area contributed by atoms with Crippen molar-refractivity contribution in [3.63, 3.8) is 0 Å². The first-order valence-corrected chi connectivity index (χ1v) is 4.19. The van der Waals surface area contributed by atoms with Gasteiger partial charge in [0.1, 0.15) is 0 Å². The Bertz CT molecular complexity index is 303. The second kappa shape index (κ2) is 2.75. The minimum Gasteiger partial charge on any atom is -0.367 e. The van der Waals surface area contributed by atoms with Gasteiger partial charge in [-0.1, -0.05) is 0 Å². The molecule has 0 saturated heterocycles. The predicted molar refractivity (Wildman–Crippen MR) is 46.3 cm³/mol. The molecule has 1 unspecified atom stereocenters. The molecule has 0 amide bonds. The van der Waals surface area contributed by atoms with E-state index in [4.69, 9.17) is 0 Å². The van der Waals surface area contributed by atoms with Crippen LogP contribution in [0.2, 0.25) is 0 Å². The fourth-order valence-electron chi connectivity index (χ4n) is 1.59. The molecule has 3 heteroatoms. The van der Waals surface area contributed by atoms with Crippen LogP contribution in [0.1, 0.15) is 22.8 Å². The van der Waals surface area contributed by atoms with Crippen LogP contribution >= 0.6 is 0 Å². The van der Waals surface area contributed by atoms with Crippen molar-refractivity contribution in [1.82, 2.24) is 10.3 Å². The molecule has 1 atom stereocenters. The van der Waals surface area contributed by atoms with E-state index in [1.54, 1.807) is 6.20 Å². The molecule has 3 nitrogen and oxygen atoms in total. The highest BCUT2D eigenvalue weighted by atomic mass is 16.1. The van der Waals surface area contributed by atoms with Crippen LogP contribution < -0.4 is 5.32 Å². The molecule has 0 spiro atoms. The molecule has 0 saturated carbocycles. The highest BCUT2D eigenvalue weighted by Gasteiger charge is 2.18. The maximum atomic E-state index is 11.4. The number of hydrogen-bond donors (Lipinski definition) is 2. The SMILES string of the molecule is CC1Cc2c[nH]cc2C(=O)CN1. The van der Waals surface area contributed by atoms with Gasteiger partial charge in [0.25, 0.3) is 0 Å². The molecule has 12 heavy (non-hydrogen) atoms. The largest absolute Gasteiger partial charge is 0.367 e. The molecule has 0 aliphatic carbocycles. The van der Waals surface area contributed by atoms with E-state index in [2.05, 4.69) is 17.2 Å². The monoisotopic (exact) mass is 164 g/mol. The maximum Gasteiger partial charge on any atom is 0.178 e. The topological polar surface area (TPSA) is 44.9 Å². The number of Topliss-reactive ketones (excluding diaryl/α,β-unsaturated/α-hetero) is 1. The van der Waals surface area contributed by atoms with Crippen molar-refractivity contribution in [2.75, 3.05) is 6.54 Å². The van der Waals surface area contributed by atoms with Gasteiger partial charge in [-0.05, 0) is 18.9 Å². The molecule has 1 aromatic heterocycles. The van der Waals surface area contributed by atoms with Gasteiger partial charge in [-0.25, -0.2) is 0 Å². The second-order valence-electron chi connectivity index (χ2n) is 3.30. The van der Waals surface area contributed by atoms with Crippen molar-refractivity contribution in [3.8, 4) is 0 Å². The Balaban J connectivity index is 2.38. The molecule has 0 radical (unpaired) electrons. The molecular formula is C9H12N2O. The summed E-state index contributed by atoms with van der Waals surface area (Å²) in [5.41, 5.74) is 1.99. The number of aromatic amines is 1. The van der Waals surface area contributed by atoms with Gasteiger partial charge in [0.05, 0.1) is 6.54 Å². The third-order valence-electron chi connectivity index (χ3n) is 2.27. The fourth-order valence-corrected chi connectivity index (χ4v) is 1.59. The highest BCUT2D eigenvalue weighted by molar-refractivity contribution is 5.99. The molecule has 1 aliphatic rings. The minimum atomic E-state index is 0.190. The number of nitrogens with one attached hydrogen (secondary N) is 2. The zero-order valence-corrected chi connectivity index (χ0v) is 7.05. The number of hydrogen-bond acceptors (Lipinski definition) is 2. The smallest absolute Gasteiger partial charge is 0.178 e. The van der Waals surface area contributed by atoms with Gasteiger partial charge >= 0.3 is 0 Å². The van der Waals surface area contributed by atoms with E-state index in [-0.39, 0.29) is 5.78 Å². The number of rotatable bonds is 0. The van der Waals surface area contributed by atoms with E-state index >= 15 is 0 Å². The Morgan fingerprint density at radius 2 is 2.33 bits per heavy atom. The summed E-state index contributed by atoms with van der Waals surface area (Å²) >= 11 is 0. The Labute approximate surface area is 71.2 Å². The maximum absolute atomic E-state index is 11.4. The highest BCUT2D eigenvalue weighted by Crippen LogP contribution is 2.13. The first-order valence-electron chi connectivity index (χ1n) is 4.19. The van der Waals surface area contributed by atoms with E-state index in [9.17, 15) is 4.79 Å². The Hall–Kier alpha value is -1.09. The number of H-pyrrole nitrogens is 1. The van der Waals surface area contributed by atoms with Gasteiger partial charge in [-0.2, -0.15) is 0 Å². The molecule has 2 rings (SSSR count). The lowest BCUT2D eigenvalue weighted by Gasteiger charge is -2.06. The number of fused-ring (bicyclic) bond motifs is 1. The number of aromatic nitrogens is 1. The Kier molecular flexibility index (Phi) is 1.73. The van der Waals surface area contributed by atoms with Crippen LogP contribution in [0.5, 0.6) is 0 Å². The molecule has 0 bridgehead atoms. The van der Waals surface area contributed by atoms with Crippen molar-refractivity contribution in [2.45, 2.75) is 19.4 Å². The summed E-state index contributed by atoms with van der Waals surface area (Å²) in [4.78, 5) is 14.4. The van der Waals surface area contributed by atoms with Crippen LogP contribution in [0, 0.1) is 0 Å². The Morgan fingerprint density at radius 3 is 3.17 bits per heavy atom. The number of ketones is 1. The van der Waals surface area contributed by atoms with Gasteiger partial charge in [0, 0.05) is 24.0 Å². The van der Waals surface area contributed by atoms with Crippen LogP contribution in [-0.2, 0) is 6.42 Å². The van der Waals surface area contributed by atoms with E-state index < -0.39 is 0 Å². The van der Waals surface area contributed by atoms with Gasteiger partial charge in [-0.3, -0.25) is 4.79 Å². The van der Waals surface area contributed by atoms with Crippen molar-refractivity contribution in [2.24, 2.45) is 0 Å². The van der Waals surface area contributed by atoms with Crippen LogP contribution in [0.3, 0.4) is 0 Å². The standard InChI is InChI=1S/C9H12N2O/c1-6-2-7-3-10-4-8(7)9(12)5-11-6/h3-4,6,10-11H,2,5H2,1H3. The van der Waals surface area contributed by atoms with Gasteiger partial charge < -0.3 is 10.3 Å². The zero-order valence-electron chi connectivity index (χ0n) is 7.05. The second-order valence-corrected chi connectivity index (χ2v) is 3.30. The van der Waals surface area contributed by atoms with E-state index in [1.165, 1.54) is 0 Å². The molecule has 1 aromatic rings. The average Bonchev–Trinajstić information content (AvgIpc) is 2.44. The zero-order chi connectivity index (χ0) is 8.55. The van der Waals surface area contributed by atoms with Crippen LogP contribution in [-0.4, -0.2) is 23.4 Å². The lowest BCUT2D eigenvalue weighted by atomic mass is 10.1. The van der Waals surface area contributed by atoms with Crippen LogP contribution in [0.25, 0.3) is 0 Å². The van der Waals surface area contributed by atoms with Crippen molar-refractivity contribution >= 4 is 5.78 Å². The summed E-state index contributed by atoms with van der Waals surface area (Å²) < 4.78 is 0. The molecule has 1 aliphatic heterocycles. The van der Waals surface area contributed by atoms with E-state index in [0.29, 0.717) is 12.6 Å². The van der Waals surface area contributed by atoms with Crippen molar-refractivity contribution in [3.05, 3.63) is 23.5 Å². The Morgan fingerprint density at radius 1 is 1.50 bits per heavy atom. The lowest BCUT2D eigenvalue weighted by Crippen LogP contribution is -2.29. The fraction of sp³-hybridized carbons (Fsp3) is 0.444. The van der Waals surface area contributed by atoms with E-state index in [1.807, 2.05) is 6.20 Å². The molecule has 0 fully saturated rings. The van der Waals surface area contributed by atoms with Crippen molar-refractivity contribution in [1.29, 1.82) is 0 Å². The van der Waals surface area contributed by atoms with Crippen LogP contribution in [0.4, 0.5) is 0 Å². The molecule has 0 aromatic carbocycles. The molecule has 2 heterocycles. The summed E-state index contributed by atoms with van der Waals surface area (Å²) in [5, 5.41) is 3.16. The average molecular weight is 164 g/mol. The molecule has 64 valence electrons. The molecule has 2 N–H and O–H groups in total. The summed E-state index contributed by atoms with van der Waals surface area (Å²) in [5.74, 6) is 0.190. The quantitative estimate of drug-likeness (QED) is 0.593. The third-order valence-corrected chi connectivity index (χ3v) is 2.27. The van der Waals surface area contributed by atoms with Gasteiger partial charge in [0.2, 0.25) is 0 Å². The predicted octanol–water partition coefficient (Wildman–Crippen LogP) is 0.732. The van der Waals surface area contributed by atoms with E-state index in [0.717, 1.165) is 17.5 Å². The van der Waals surface area contributed by atoms with Gasteiger partial charge in [0.15, 0.2) is 5.78 Å². The summed E-state index contributed by atoms with van der Waals surface area (Å²) in [6, 6.07) is 0.394. The first kappa shape index (κ1) is 7.55. The van der Waals surface area contributed by atoms with Gasteiger partial charge in [-0.15, -0.1) is 0 Å². The number of carbonyl (C=O) groups is 1. The normalized spacial score (nSPS) is 23.4. The minimum absolute atomic E-state index is 0.190. The lowest BCUT2D eigenvalue weighted by molar-refractivity contribution is 0.0991. The summed E-state index contributed by atoms with van der Waals surface area (Å²) in [6.07, 6.45) is 4.64. The third kappa shape index (κ3) is 1.16. The van der Waals surface area contributed by atoms with Crippen LogP contribution in [0.15, 0.2) is 12.4 Å². The molecular weight excluding hydrogens is 152 g/mol. The number of carbonyl (C=O) groups excluding carboxylic acids is 1.